The topological polar surface area (TPSA) is 112 Å². The minimum Gasteiger partial charge on any atom is -0.486 e. The van der Waals surface area contributed by atoms with Gasteiger partial charge in [0, 0.05) is 25.9 Å². The summed E-state index contributed by atoms with van der Waals surface area (Å²) in [4.78, 5) is 54.4. The van der Waals surface area contributed by atoms with Crippen LogP contribution in [0.5, 0.6) is 5.75 Å². The summed E-state index contributed by atoms with van der Waals surface area (Å²) in [7, 11) is 0. The summed E-state index contributed by atoms with van der Waals surface area (Å²) in [5, 5.41) is 9.29. The van der Waals surface area contributed by atoms with Gasteiger partial charge in [-0.2, -0.15) is 5.11 Å². The molecule has 4 heterocycles. The number of piperidine rings is 1. The number of Topliss-reactive ketones (excluding diaryl/α,β-unsaturated/α-hetero) is 1. The van der Waals surface area contributed by atoms with Gasteiger partial charge < -0.3 is 9.64 Å². The quantitative estimate of drug-likeness (QED) is 0.631. The number of likely N-dealkylation sites (tertiary alicyclic amines) is 1. The smallest absolute Gasteiger partial charge is 0.263 e. The van der Waals surface area contributed by atoms with E-state index in [-0.39, 0.29) is 18.2 Å². The molecule has 2 aromatic carbocycles. The molecule has 4 aliphatic heterocycles. The van der Waals surface area contributed by atoms with Crippen molar-refractivity contribution < 1.29 is 23.9 Å². The van der Waals surface area contributed by atoms with E-state index in [2.05, 4.69) is 10.3 Å². The lowest BCUT2D eigenvalue weighted by atomic mass is 9.82. The molecule has 0 saturated carbocycles. The molecule has 0 radical (unpaired) electrons. The number of nitrogens with zero attached hydrogens (tertiary/aromatic N) is 5. The highest BCUT2D eigenvalue weighted by Crippen LogP contribution is 2.39. The van der Waals surface area contributed by atoms with E-state index in [1.165, 1.54) is 5.01 Å². The number of benzene rings is 2. The van der Waals surface area contributed by atoms with Gasteiger partial charge in [-0.1, -0.05) is 35.6 Å². The number of carbonyl (C=O) groups excluding carboxylic acids is 4. The fraction of sp³-hybridized carbons (Fsp3) is 0.360. The monoisotopic (exact) mass is 473 g/mol. The maximum Gasteiger partial charge on any atom is 0.263 e. The lowest BCUT2D eigenvalue weighted by Crippen LogP contribution is -2.54. The van der Waals surface area contributed by atoms with Crippen LogP contribution >= 0.6 is 0 Å². The third-order valence-electron chi connectivity index (χ3n) is 7.19. The molecule has 2 aromatic rings. The molecule has 0 unspecified atom stereocenters. The first-order valence-electron chi connectivity index (χ1n) is 11.7. The van der Waals surface area contributed by atoms with Gasteiger partial charge in [0.05, 0.1) is 17.7 Å². The third-order valence-corrected chi connectivity index (χ3v) is 7.19. The van der Waals surface area contributed by atoms with E-state index in [1.807, 2.05) is 12.1 Å². The number of imide groups is 1. The fourth-order valence-corrected chi connectivity index (χ4v) is 5.31. The predicted molar refractivity (Wildman–Crippen MR) is 123 cm³/mol. The van der Waals surface area contributed by atoms with Gasteiger partial charge in [-0.15, -0.1) is 0 Å². The van der Waals surface area contributed by atoms with E-state index in [9.17, 15) is 19.2 Å². The minimum absolute atomic E-state index is 0.0579. The van der Waals surface area contributed by atoms with Crippen molar-refractivity contribution in [1.29, 1.82) is 0 Å². The number of amides is 3. The van der Waals surface area contributed by atoms with Gasteiger partial charge in [0.25, 0.3) is 11.8 Å². The first-order chi connectivity index (χ1) is 17.0. The number of ketones is 1. The van der Waals surface area contributed by atoms with E-state index in [0.29, 0.717) is 49.4 Å². The Labute approximate surface area is 201 Å². The summed E-state index contributed by atoms with van der Waals surface area (Å²) in [5.74, 6) is -0.430. The average Bonchev–Trinajstić information content (AvgIpc) is 3.39. The molecule has 0 aromatic heterocycles. The van der Waals surface area contributed by atoms with Crippen molar-refractivity contribution in [3.8, 4) is 5.75 Å². The largest absolute Gasteiger partial charge is 0.486 e. The second kappa shape index (κ2) is 8.00. The van der Waals surface area contributed by atoms with E-state index < -0.39 is 29.5 Å². The predicted octanol–water partition coefficient (Wildman–Crippen LogP) is 2.01. The number of fused-ring (bicyclic) bond motifs is 2. The zero-order chi connectivity index (χ0) is 24.2. The van der Waals surface area contributed by atoms with Crippen LogP contribution < -0.4 is 9.64 Å². The molecule has 0 bridgehead atoms. The molecule has 35 heavy (non-hydrogen) atoms. The standard InChI is InChI=1S/C25H23N5O5/c31-18-14-25(35-19-9-5-4-8-17(18)19)10-12-28(13-11-25)20(32)15-29-22-21(26-27-29)23(33)30(24(22)34)16-6-2-1-3-7-16/h1-9,21-22H,10-15H2/t21-,22-/m1/s1. The molecule has 10 heteroatoms. The molecular weight excluding hydrogens is 450 g/mol. The Balaban J connectivity index is 1.11. The van der Waals surface area contributed by atoms with Gasteiger partial charge in [0.15, 0.2) is 17.9 Å². The summed E-state index contributed by atoms with van der Waals surface area (Å²) in [6, 6.07) is 14.0. The molecular formula is C25H23N5O5. The molecule has 2 saturated heterocycles. The first-order valence-corrected chi connectivity index (χ1v) is 11.7. The number of ether oxygens (including phenoxy) is 1. The van der Waals surface area contributed by atoms with Gasteiger partial charge in [0.2, 0.25) is 5.91 Å². The van der Waals surface area contributed by atoms with Crippen LogP contribution in [-0.4, -0.2) is 70.7 Å². The molecule has 3 amide bonds. The molecule has 178 valence electrons. The molecule has 0 aliphatic carbocycles. The molecule has 10 nitrogen and oxygen atoms in total. The van der Waals surface area contributed by atoms with Gasteiger partial charge in [-0.05, 0) is 24.3 Å². The van der Waals surface area contributed by atoms with Crippen LogP contribution in [-0.2, 0) is 14.4 Å². The minimum atomic E-state index is -0.943. The van der Waals surface area contributed by atoms with Gasteiger partial charge >= 0.3 is 0 Å². The molecule has 2 atom stereocenters. The SMILES string of the molecule is O=C1CC2(CCN(C(=O)CN3N=N[C@H]4C(=O)N(c5ccccc5)C(=O)[C@@H]43)CC2)Oc2ccccc21. The average molecular weight is 473 g/mol. The highest BCUT2D eigenvalue weighted by molar-refractivity contribution is 6.25. The number of hydrogen-bond acceptors (Lipinski definition) is 8. The Hall–Kier alpha value is -4.08. The van der Waals surface area contributed by atoms with Gasteiger partial charge in [-0.25, -0.2) is 4.90 Å². The normalized spacial score (nSPS) is 24.6. The van der Waals surface area contributed by atoms with Crippen molar-refractivity contribution >= 4 is 29.2 Å². The van der Waals surface area contributed by atoms with Crippen molar-refractivity contribution in [2.45, 2.75) is 36.9 Å². The van der Waals surface area contributed by atoms with Crippen molar-refractivity contribution in [3.05, 3.63) is 60.2 Å². The van der Waals surface area contributed by atoms with E-state index >= 15 is 0 Å². The Bertz CT molecular complexity index is 1250. The van der Waals surface area contributed by atoms with Gasteiger partial charge in [0.1, 0.15) is 17.9 Å². The van der Waals surface area contributed by atoms with E-state index in [1.54, 1.807) is 47.4 Å². The van der Waals surface area contributed by atoms with Crippen molar-refractivity contribution in [1.82, 2.24) is 9.91 Å². The lowest BCUT2D eigenvalue weighted by Gasteiger charge is -2.44. The van der Waals surface area contributed by atoms with Crippen molar-refractivity contribution in [3.63, 3.8) is 0 Å². The van der Waals surface area contributed by atoms with Crippen molar-refractivity contribution in [2.75, 3.05) is 24.5 Å². The summed E-state index contributed by atoms with van der Waals surface area (Å²) in [5.41, 5.74) is 0.472. The molecule has 6 rings (SSSR count). The Kier molecular flexibility index (Phi) is 4.91. The van der Waals surface area contributed by atoms with Crippen LogP contribution in [0.25, 0.3) is 0 Å². The van der Waals surface area contributed by atoms with E-state index in [4.69, 9.17) is 4.74 Å². The molecule has 4 aliphatic rings. The van der Waals surface area contributed by atoms with Crippen LogP contribution in [0.2, 0.25) is 0 Å². The summed E-state index contributed by atoms with van der Waals surface area (Å²) >= 11 is 0. The lowest BCUT2D eigenvalue weighted by molar-refractivity contribution is -0.137. The molecule has 1 spiro atoms. The summed E-state index contributed by atoms with van der Waals surface area (Å²) in [6.45, 7) is 0.703. The zero-order valence-electron chi connectivity index (χ0n) is 18.9. The first kappa shape index (κ1) is 21.5. The Morgan fingerprint density at radius 3 is 2.46 bits per heavy atom. The molecule has 2 fully saturated rings. The van der Waals surface area contributed by atoms with Crippen LogP contribution in [0.1, 0.15) is 29.6 Å². The van der Waals surface area contributed by atoms with Crippen LogP contribution in [0.4, 0.5) is 5.69 Å². The summed E-state index contributed by atoms with van der Waals surface area (Å²) in [6.07, 6.45) is 1.36. The van der Waals surface area contributed by atoms with Crippen LogP contribution in [0.15, 0.2) is 64.9 Å². The number of anilines is 1. The number of hydrogen-bond donors (Lipinski definition) is 0. The number of rotatable bonds is 3. The Morgan fingerprint density at radius 2 is 1.69 bits per heavy atom. The van der Waals surface area contributed by atoms with E-state index in [0.717, 1.165) is 4.90 Å². The van der Waals surface area contributed by atoms with Gasteiger partial charge in [-0.3, -0.25) is 24.2 Å². The zero-order valence-corrected chi connectivity index (χ0v) is 18.9. The maximum absolute atomic E-state index is 13.1. The van der Waals surface area contributed by atoms with Crippen molar-refractivity contribution in [2.24, 2.45) is 10.3 Å². The second-order valence-corrected chi connectivity index (χ2v) is 9.30. The highest BCUT2D eigenvalue weighted by Gasteiger charge is 2.55. The highest BCUT2D eigenvalue weighted by atomic mass is 16.5. The molecule has 0 N–H and O–H groups in total. The third kappa shape index (κ3) is 3.48. The van der Waals surface area contributed by atoms with Crippen LogP contribution in [0.3, 0.4) is 0 Å². The second-order valence-electron chi connectivity index (χ2n) is 9.30. The fourth-order valence-electron chi connectivity index (χ4n) is 5.31. The summed E-state index contributed by atoms with van der Waals surface area (Å²) < 4.78 is 6.24. The Morgan fingerprint density at radius 1 is 0.971 bits per heavy atom. The number of carbonyl (C=O) groups is 4. The van der Waals surface area contributed by atoms with Crippen LogP contribution in [0, 0.1) is 0 Å². The number of para-hydroxylation sites is 2. The maximum atomic E-state index is 13.1.